The lowest BCUT2D eigenvalue weighted by atomic mass is 10.0. The first-order chi connectivity index (χ1) is 9.95. The van der Waals surface area contributed by atoms with Gasteiger partial charge in [0.05, 0.1) is 11.0 Å². The number of piperidine rings is 1. The highest BCUT2D eigenvalue weighted by molar-refractivity contribution is 6.01. The van der Waals surface area contributed by atoms with Crippen LogP contribution in [0.5, 0.6) is 0 Å². The Balaban J connectivity index is 2.27. The van der Waals surface area contributed by atoms with E-state index in [9.17, 15) is 19.3 Å². The molecule has 0 aliphatic carbocycles. The third-order valence-electron chi connectivity index (χ3n) is 3.64. The fraction of sp³-hybridized carbons (Fsp3) is 0.462. The molecule has 114 valence electrons. The molecule has 2 N–H and O–H groups in total. The number of halogens is 1. The van der Waals surface area contributed by atoms with E-state index < -0.39 is 33.6 Å². The zero-order chi connectivity index (χ0) is 15.6. The van der Waals surface area contributed by atoms with Gasteiger partial charge in [-0.15, -0.1) is 0 Å². The molecule has 2 rings (SSSR count). The molecule has 1 aromatic rings. The number of nitrogens with zero attached hydrogens (tertiary/aromatic N) is 2. The molecule has 0 bridgehead atoms. The summed E-state index contributed by atoms with van der Waals surface area (Å²) >= 11 is 0. The van der Waals surface area contributed by atoms with Crippen molar-refractivity contribution in [1.82, 2.24) is 4.90 Å². The van der Waals surface area contributed by atoms with E-state index in [4.69, 9.17) is 10.5 Å². The Hall–Kier alpha value is -2.22. The van der Waals surface area contributed by atoms with Crippen LogP contribution in [0.15, 0.2) is 12.1 Å². The van der Waals surface area contributed by atoms with Gasteiger partial charge in [-0.1, -0.05) is 0 Å². The van der Waals surface area contributed by atoms with Gasteiger partial charge >= 0.3 is 0 Å². The Bertz CT molecular complexity index is 571. The highest BCUT2D eigenvalue weighted by Crippen LogP contribution is 2.29. The van der Waals surface area contributed by atoms with E-state index in [1.807, 2.05) is 0 Å². The van der Waals surface area contributed by atoms with E-state index in [2.05, 4.69) is 0 Å². The number of methoxy groups -OCH3 is 1. The van der Waals surface area contributed by atoms with E-state index in [-0.39, 0.29) is 6.10 Å². The second kappa shape index (κ2) is 6.04. The molecule has 1 aliphatic rings. The van der Waals surface area contributed by atoms with Crippen LogP contribution in [-0.2, 0) is 4.74 Å². The van der Waals surface area contributed by atoms with Crippen molar-refractivity contribution in [2.24, 2.45) is 0 Å². The van der Waals surface area contributed by atoms with Crippen LogP contribution < -0.4 is 5.73 Å². The first-order valence-corrected chi connectivity index (χ1v) is 6.50. The SMILES string of the molecule is COC1CCN(C(=O)c2c(F)ccc([N+](=O)[O-])c2N)CC1. The Morgan fingerprint density at radius 3 is 2.62 bits per heavy atom. The number of nitro groups is 1. The molecule has 1 amide bonds. The second-order valence-corrected chi connectivity index (χ2v) is 4.84. The summed E-state index contributed by atoms with van der Waals surface area (Å²) in [7, 11) is 1.60. The summed E-state index contributed by atoms with van der Waals surface area (Å²) in [4.78, 5) is 23.9. The van der Waals surface area contributed by atoms with Crippen LogP contribution in [0.1, 0.15) is 23.2 Å². The molecule has 1 fully saturated rings. The highest BCUT2D eigenvalue weighted by atomic mass is 19.1. The number of likely N-dealkylation sites (tertiary alicyclic amines) is 1. The fourth-order valence-corrected chi connectivity index (χ4v) is 2.41. The van der Waals surface area contributed by atoms with Gasteiger partial charge in [0, 0.05) is 26.3 Å². The average molecular weight is 297 g/mol. The molecular weight excluding hydrogens is 281 g/mol. The van der Waals surface area contributed by atoms with Gasteiger partial charge < -0.3 is 15.4 Å². The van der Waals surface area contributed by atoms with Crippen molar-refractivity contribution in [2.75, 3.05) is 25.9 Å². The quantitative estimate of drug-likeness (QED) is 0.518. The van der Waals surface area contributed by atoms with Crippen molar-refractivity contribution < 1.29 is 18.8 Å². The molecule has 7 nitrogen and oxygen atoms in total. The van der Waals surface area contributed by atoms with Gasteiger partial charge in [0.15, 0.2) is 0 Å². The number of carbonyl (C=O) groups excluding carboxylic acids is 1. The van der Waals surface area contributed by atoms with Crippen LogP contribution in [0.2, 0.25) is 0 Å². The van der Waals surface area contributed by atoms with E-state index >= 15 is 0 Å². The average Bonchev–Trinajstić information content (AvgIpc) is 2.46. The minimum atomic E-state index is -0.850. The number of hydrogen-bond donors (Lipinski definition) is 1. The normalized spacial score (nSPS) is 16.0. The Kier molecular flexibility index (Phi) is 4.37. The van der Waals surface area contributed by atoms with Crippen molar-refractivity contribution in [2.45, 2.75) is 18.9 Å². The number of amides is 1. The number of nitrogen functional groups attached to an aromatic ring is 1. The van der Waals surface area contributed by atoms with Crippen molar-refractivity contribution in [3.05, 3.63) is 33.6 Å². The lowest BCUT2D eigenvalue weighted by Gasteiger charge is -2.31. The standard InChI is InChI=1S/C13H16FN3O4/c1-21-8-4-6-16(7-5-8)13(18)11-9(14)2-3-10(12(11)15)17(19)20/h2-3,8H,4-7,15H2,1H3. The summed E-state index contributed by atoms with van der Waals surface area (Å²) in [5.74, 6) is -1.47. The minimum Gasteiger partial charge on any atom is -0.392 e. The molecule has 0 atom stereocenters. The second-order valence-electron chi connectivity index (χ2n) is 4.84. The van der Waals surface area contributed by atoms with E-state index in [0.29, 0.717) is 25.9 Å². The molecule has 1 heterocycles. The number of nitro benzene ring substituents is 1. The van der Waals surface area contributed by atoms with Crippen LogP contribution >= 0.6 is 0 Å². The number of benzene rings is 1. The van der Waals surface area contributed by atoms with Gasteiger partial charge in [-0.05, 0) is 18.9 Å². The minimum absolute atomic E-state index is 0.0707. The van der Waals surface area contributed by atoms with Gasteiger partial charge in [-0.2, -0.15) is 0 Å². The predicted octanol–water partition coefficient (Wildman–Crippen LogP) is 1.57. The third-order valence-corrected chi connectivity index (χ3v) is 3.64. The lowest BCUT2D eigenvalue weighted by molar-refractivity contribution is -0.384. The molecule has 8 heteroatoms. The summed E-state index contributed by atoms with van der Waals surface area (Å²) in [5, 5.41) is 10.8. The molecule has 0 unspecified atom stereocenters. The first kappa shape index (κ1) is 15.2. The Morgan fingerprint density at radius 1 is 1.48 bits per heavy atom. The number of nitrogens with two attached hydrogens (primary N) is 1. The summed E-state index contributed by atoms with van der Waals surface area (Å²) in [5.41, 5.74) is 4.26. The predicted molar refractivity (Wildman–Crippen MR) is 73.4 cm³/mol. The van der Waals surface area contributed by atoms with Crippen molar-refractivity contribution in [3.8, 4) is 0 Å². The molecule has 1 saturated heterocycles. The molecule has 0 spiro atoms. The van der Waals surface area contributed by atoms with Gasteiger partial charge in [-0.3, -0.25) is 14.9 Å². The molecule has 21 heavy (non-hydrogen) atoms. The van der Waals surface area contributed by atoms with Crippen LogP contribution in [-0.4, -0.2) is 42.0 Å². The summed E-state index contributed by atoms with van der Waals surface area (Å²) in [6, 6.07) is 1.85. The topological polar surface area (TPSA) is 98.7 Å². The first-order valence-electron chi connectivity index (χ1n) is 6.50. The highest BCUT2D eigenvalue weighted by Gasteiger charge is 2.29. The summed E-state index contributed by atoms with van der Waals surface area (Å²) < 4.78 is 19.1. The third kappa shape index (κ3) is 2.94. The van der Waals surface area contributed by atoms with Gasteiger partial charge in [0.25, 0.3) is 11.6 Å². The number of ether oxygens (including phenoxy) is 1. The Morgan fingerprint density at radius 2 is 2.10 bits per heavy atom. The maximum absolute atomic E-state index is 13.9. The number of rotatable bonds is 3. The maximum Gasteiger partial charge on any atom is 0.293 e. The van der Waals surface area contributed by atoms with Gasteiger partial charge in [0.2, 0.25) is 0 Å². The van der Waals surface area contributed by atoms with E-state index in [0.717, 1.165) is 12.1 Å². The molecular formula is C13H16FN3O4. The maximum atomic E-state index is 13.9. The van der Waals surface area contributed by atoms with Crippen LogP contribution in [0.25, 0.3) is 0 Å². The van der Waals surface area contributed by atoms with Crippen LogP contribution in [0, 0.1) is 15.9 Å². The number of carbonyl (C=O) groups is 1. The van der Waals surface area contributed by atoms with Crippen LogP contribution in [0.3, 0.4) is 0 Å². The fourth-order valence-electron chi connectivity index (χ4n) is 2.41. The Labute approximate surface area is 120 Å². The summed E-state index contributed by atoms with van der Waals surface area (Å²) in [6.07, 6.45) is 1.35. The summed E-state index contributed by atoms with van der Waals surface area (Å²) in [6.45, 7) is 0.803. The molecule has 0 saturated carbocycles. The van der Waals surface area contributed by atoms with Crippen molar-refractivity contribution in [1.29, 1.82) is 0 Å². The molecule has 0 aromatic heterocycles. The van der Waals surface area contributed by atoms with Crippen LogP contribution in [0.4, 0.5) is 15.8 Å². The van der Waals surface area contributed by atoms with Gasteiger partial charge in [0.1, 0.15) is 17.1 Å². The van der Waals surface area contributed by atoms with Crippen molar-refractivity contribution in [3.63, 3.8) is 0 Å². The largest absolute Gasteiger partial charge is 0.392 e. The number of anilines is 1. The van der Waals surface area contributed by atoms with E-state index in [1.165, 1.54) is 4.90 Å². The van der Waals surface area contributed by atoms with Gasteiger partial charge in [-0.25, -0.2) is 4.39 Å². The molecule has 0 radical (unpaired) electrons. The smallest absolute Gasteiger partial charge is 0.293 e. The monoisotopic (exact) mass is 297 g/mol. The molecule has 1 aliphatic heterocycles. The zero-order valence-electron chi connectivity index (χ0n) is 11.5. The number of hydrogen-bond acceptors (Lipinski definition) is 5. The lowest BCUT2D eigenvalue weighted by Crippen LogP contribution is -2.41. The van der Waals surface area contributed by atoms with E-state index in [1.54, 1.807) is 7.11 Å². The zero-order valence-corrected chi connectivity index (χ0v) is 11.5. The molecule has 1 aromatic carbocycles. The van der Waals surface area contributed by atoms with Crippen molar-refractivity contribution >= 4 is 17.3 Å².